The number of nitrogens with one attached hydrogen (secondary N) is 1. The number of benzene rings is 2. The zero-order chi connectivity index (χ0) is 18.8. The van der Waals surface area contributed by atoms with Crippen molar-refractivity contribution in [2.24, 2.45) is 7.05 Å². The summed E-state index contributed by atoms with van der Waals surface area (Å²) in [7, 11) is 2.10. The van der Waals surface area contributed by atoms with Gasteiger partial charge in [-0.2, -0.15) is 0 Å². The van der Waals surface area contributed by atoms with Gasteiger partial charge in [-0.15, -0.1) is 0 Å². The Morgan fingerprint density at radius 3 is 2.29 bits per heavy atom. The predicted molar refractivity (Wildman–Crippen MR) is 113 cm³/mol. The summed E-state index contributed by atoms with van der Waals surface area (Å²) in [5.74, 6) is 0.880. The van der Waals surface area contributed by atoms with Crippen LogP contribution in [-0.4, -0.2) is 24.5 Å². The van der Waals surface area contributed by atoms with E-state index in [0.29, 0.717) is 0 Å². The molecule has 134 valence electrons. The smallest absolute Gasteiger partial charge is 0.140 e. The first-order chi connectivity index (χ1) is 13.7. The van der Waals surface area contributed by atoms with Gasteiger partial charge in [0.15, 0.2) is 0 Å². The second kappa shape index (κ2) is 5.39. The molecule has 0 saturated heterocycles. The first kappa shape index (κ1) is 15.3. The fourth-order valence-electron chi connectivity index (χ4n) is 4.28. The monoisotopic (exact) mass is 363 g/mol. The lowest BCUT2D eigenvalue weighted by Gasteiger charge is -2.03. The molecule has 0 aliphatic carbocycles. The molecule has 6 rings (SSSR count). The maximum absolute atomic E-state index is 5.05. The van der Waals surface area contributed by atoms with Crippen LogP contribution in [0.1, 0.15) is 5.69 Å². The third kappa shape index (κ3) is 1.88. The van der Waals surface area contributed by atoms with Crippen molar-refractivity contribution in [2.45, 2.75) is 6.92 Å². The molecule has 0 unspecified atom stereocenters. The van der Waals surface area contributed by atoms with Gasteiger partial charge in [0.1, 0.15) is 5.82 Å². The Balaban J connectivity index is 1.80. The Morgan fingerprint density at radius 2 is 1.46 bits per heavy atom. The quantitative estimate of drug-likeness (QED) is 0.412. The lowest BCUT2D eigenvalue weighted by molar-refractivity contribution is 0.918. The normalized spacial score (nSPS) is 11.9. The van der Waals surface area contributed by atoms with Gasteiger partial charge in [-0.25, -0.2) is 4.98 Å². The summed E-state index contributed by atoms with van der Waals surface area (Å²) in [4.78, 5) is 17.8. The van der Waals surface area contributed by atoms with Crippen molar-refractivity contribution in [3.63, 3.8) is 0 Å². The van der Waals surface area contributed by atoms with Crippen molar-refractivity contribution in [3.05, 3.63) is 66.6 Å². The van der Waals surface area contributed by atoms with E-state index in [1.807, 2.05) is 24.5 Å². The van der Waals surface area contributed by atoms with E-state index in [1.54, 1.807) is 0 Å². The molecule has 0 aliphatic heterocycles. The number of aryl methyl sites for hydroxylation is 1. The average molecular weight is 363 g/mol. The number of fused-ring (bicyclic) bond motifs is 7. The van der Waals surface area contributed by atoms with Crippen LogP contribution in [0.4, 0.5) is 0 Å². The molecule has 5 heteroatoms. The molecule has 0 saturated carbocycles. The lowest BCUT2D eigenvalue weighted by atomic mass is 10.1. The molecule has 5 nitrogen and oxygen atoms in total. The summed E-state index contributed by atoms with van der Waals surface area (Å²) in [5, 5.41) is 3.26. The van der Waals surface area contributed by atoms with Crippen LogP contribution in [0.25, 0.3) is 55.1 Å². The van der Waals surface area contributed by atoms with Gasteiger partial charge in [-0.3, -0.25) is 9.97 Å². The number of nitrogens with zero attached hydrogens (tertiary/aromatic N) is 4. The summed E-state index contributed by atoms with van der Waals surface area (Å²) in [6.07, 6.45) is 3.62. The van der Waals surface area contributed by atoms with Crippen LogP contribution in [0, 0.1) is 6.92 Å². The van der Waals surface area contributed by atoms with Gasteiger partial charge in [0, 0.05) is 52.4 Å². The van der Waals surface area contributed by atoms with E-state index in [1.165, 1.54) is 16.6 Å². The first-order valence-electron chi connectivity index (χ1n) is 9.29. The number of hydrogen-bond donors (Lipinski definition) is 1. The second-order valence-corrected chi connectivity index (χ2v) is 7.14. The lowest BCUT2D eigenvalue weighted by Crippen LogP contribution is -1.90. The molecular formula is C23H17N5. The van der Waals surface area contributed by atoms with Crippen molar-refractivity contribution in [1.29, 1.82) is 0 Å². The van der Waals surface area contributed by atoms with Crippen LogP contribution in [0.15, 0.2) is 60.9 Å². The molecule has 6 aromatic rings. The van der Waals surface area contributed by atoms with E-state index >= 15 is 0 Å². The highest BCUT2D eigenvalue weighted by Gasteiger charge is 2.19. The third-order valence-electron chi connectivity index (χ3n) is 5.70. The minimum Gasteiger partial charge on any atom is -0.347 e. The summed E-state index contributed by atoms with van der Waals surface area (Å²) < 4.78 is 2.22. The number of hydrogen-bond acceptors (Lipinski definition) is 3. The van der Waals surface area contributed by atoms with Crippen LogP contribution in [-0.2, 0) is 7.05 Å². The highest BCUT2D eigenvalue weighted by Crippen LogP contribution is 2.37. The molecule has 0 atom stereocenters. The minimum atomic E-state index is 0.880. The van der Waals surface area contributed by atoms with Crippen molar-refractivity contribution >= 4 is 43.7 Å². The largest absolute Gasteiger partial charge is 0.347 e. The Hall–Kier alpha value is -3.73. The summed E-state index contributed by atoms with van der Waals surface area (Å²) >= 11 is 0. The Labute approximate surface area is 160 Å². The molecule has 0 fully saturated rings. The predicted octanol–water partition coefficient (Wildman–Crippen LogP) is 5.13. The van der Waals surface area contributed by atoms with Crippen molar-refractivity contribution in [2.75, 3.05) is 0 Å². The number of aromatic nitrogens is 5. The molecular weight excluding hydrogens is 346 g/mol. The first-order valence-corrected chi connectivity index (χ1v) is 9.29. The van der Waals surface area contributed by atoms with Gasteiger partial charge in [0.25, 0.3) is 0 Å². The van der Waals surface area contributed by atoms with Crippen molar-refractivity contribution in [3.8, 4) is 11.4 Å². The van der Waals surface area contributed by atoms with Crippen molar-refractivity contribution < 1.29 is 0 Å². The number of rotatable bonds is 1. The number of pyridine rings is 2. The SMILES string of the molecule is Cc1c(-c2nc3c4cccnc4c4ncccc4c3[nH]2)c2ccccc2n1C. The standard InChI is InChI=1S/C23H17N5/c1-13-18(14-7-3-4-10-17(14)28(13)2)23-26-21-15-8-5-11-24-19(15)20-16(22(21)27-23)9-6-12-25-20/h3-12H,1-2H3,(H,26,27). The van der Waals surface area contributed by atoms with E-state index in [2.05, 4.69) is 69.9 Å². The molecule has 4 heterocycles. The Bertz CT molecular complexity index is 1460. The molecule has 0 bridgehead atoms. The highest BCUT2D eigenvalue weighted by molar-refractivity contribution is 6.21. The molecule has 28 heavy (non-hydrogen) atoms. The number of H-pyrrole nitrogens is 1. The summed E-state index contributed by atoms with van der Waals surface area (Å²) in [6.45, 7) is 2.14. The van der Waals surface area contributed by atoms with E-state index in [9.17, 15) is 0 Å². The zero-order valence-electron chi connectivity index (χ0n) is 15.6. The molecule has 0 radical (unpaired) electrons. The summed E-state index contributed by atoms with van der Waals surface area (Å²) in [6, 6.07) is 16.5. The maximum atomic E-state index is 5.05. The van der Waals surface area contributed by atoms with E-state index in [0.717, 1.165) is 44.2 Å². The molecule has 1 N–H and O–H groups in total. The highest BCUT2D eigenvalue weighted by atomic mass is 15.0. The molecule has 4 aromatic heterocycles. The second-order valence-electron chi connectivity index (χ2n) is 7.14. The van der Waals surface area contributed by atoms with Gasteiger partial charge in [0.2, 0.25) is 0 Å². The van der Waals surface area contributed by atoms with Crippen LogP contribution < -0.4 is 0 Å². The molecule has 0 amide bonds. The van der Waals surface area contributed by atoms with Crippen LogP contribution in [0.3, 0.4) is 0 Å². The van der Waals surface area contributed by atoms with Crippen molar-refractivity contribution in [1.82, 2.24) is 24.5 Å². The average Bonchev–Trinajstić information content (AvgIpc) is 3.29. The topological polar surface area (TPSA) is 59.4 Å². The molecule has 0 spiro atoms. The molecule has 2 aromatic carbocycles. The third-order valence-corrected chi connectivity index (χ3v) is 5.70. The van der Waals surface area contributed by atoms with Crippen LogP contribution in [0.5, 0.6) is 0 Å². The fourth-order valence-corrected chi connectivity index (χ4v) is 4.28. The van der Waals surface area contributed by atoms with Gasteiger partial charge >= 0.3 is 0 Å². The minimum absolute atomic E-state index is 0.880. The Kier molecular flexibility index (Phi) is 2.95. The number of aromatic amines is 1. The van der Waals surface area contributed by atoms with Crippen LogP contribution in [0.2, 0.25) is 0 Å². The van der Waals surface area contributed by atoms with E-state index < -0.39 is 0 Å². The number of imidazole rings is 1. The van der Waals surface area contributed by atoms with E-state index in [-0.39, 0.29) is 0 Å². The number of para-hydroxylation sites is 1. The van der Waals surface area contributed by atoms with Crippen LogP contribution >= 0.6 is 0 Å². The van der Waals surface area contributed by atoms with Gasteiger partial charge in [-0.1, -0.05) is 18.2 Å². The van der Waals surface area contributed by atoms with Gasteiger partial charge in [0.05, 0.1) is 22.1 Å². The molecule has 0 aliphatic rings. The van der Waals surface area contributed by atoms with Gasteiger partial charge in [-0.05, 0) is 37.3 Å². The zero-order valence-corrected chi connectivity index (χ0v) is 15.6. The maximum Gasteiger partial charge on any atom is 0.140 e. The fraction of sp³-hybridized carbons (Fsp3) is 0.0870. The summed E-state index contributed by atoms with van der Waals surface area (Å²) in [5.41, 5.74) is 7.26. The Morgan fingerprint density at radius 1 is 0.786 bits per heavy atom. The van der Waals surface area contributed by atoms with E-state index in [4.69, 9.17) is 4.98 Å². The van der Waals surface area contributed by atoms with Gasteiger partial charge < -0.3 is 9.55 Å².